The summed E-state index contributed by atoms with van der Waals surface area (Å²) in [6, 6.07) is 10.3. The van der Waals surface area contributed by atoms with Gasteiger partial charge in [-0.05, 0) is 37.2 Å². The molecule has 0 spiro atoms. The summed E-state index contributed by atoms with van der Waals surface area (Å²) in [6.45, 7) is 1.23. The first-order valence-corrected chi connectivity index (χ1v) is 7.79. The molecule has 1 aliphatic rings. The molecule has 3 heteroatoms. The number of amides is 1. The van der Waals surface area contributed by atoms with Crippen molar-refractivity contribution in [2.75, 3.05) is 13.2 Å². The van der Waals surface area contributed by atoms with Crippen LogP contribution in [-0.2, 0) is 11.2 Å². The molecule has 1 N–H and O–H groups in total. The van der Waals surface area contributed by atoms with Crippen molar-refractivity contribution in [2.45, 2.75) is 44.9 Å². The second-order valence-corrected chi connectivity index (χ2v) is 5.59. The molecule has 0 heterocycles. The Morgan fingerprint density at radius 2 is 2.00 bits per heavy atom. The topological polar surface area (TPSA) is 38.3 Å². The highest BCUT2D eigenvalue weighted by Gasteiger charge is 2.16. The number of benzene rings is 1. The molecule has 0 aromatic heterocycles. The molecule has 0 unspecified atom stereocenters. The van der Waals surface area contributed by atoms with Crippen LogP contribution in [0.5, 0.6) is 0 Å². The zero-order chi connectivity index (χ0) is 14.0. The molecule has 1 saturated carbocycles. The fraction of sp³-hybridized carbons (Fsp3) is 0.588. The highest BCUT2D eigenvalue weighted by atomic mass is 16.5. The van der Waals surface area contributed by atoms with E-state index in [-0.39, 0.29) is 6.09 Å². The van der Waals surface area contributed by atoms with Gasteiger partial charge in [0.25, 0.3) is 0 Å². The molecule has 1 aliphatic carbocycles. The number of hydrogen-bond donors (Lipinski definition) is 1. The highest BCUT2D eigenvalue weighted by Crippen LogP contribution is 2.29. The lowest BCUT2D eigenvalue weighted by Gasteiger charge is -2.24. The van der Waals surface area contributed by atoms with Crippen LogP contribution in [0.2, 0.25) is 0 Å². The van der Waals surface area contributed by atoms with Crippen LogP contribution in [0.3, 0.4) is 0 Å². The van der Waals surface area contributed by atoms with Crippen molar-refractivity contribution in [2.24, 2.45) is 5.92 Å². The maximum Gasteiger partial charge on any atom is 0.407 e. The third-order valence-electron chi connectivity index (χ3n) is 3.97. The van der Waals surface area contributed by atoms with E-state index in [1.54, 1.807) is 0 Å². The fourth-order valence-electron chi connectivity index (χ4n) is 2.50. The minimum Gasteiger partial charge on any atom is -0.450 e. The highest BCUT2D eigenvalue weighted by molar-refractivity contribution is 5.66. The predicted octanol–water partition coefficient (Wildman–Crippen LogP) is 3.93. The Hall–Kier alpha value is -1.51. The molecule has 20 heavy (non-hydrogen) atoms. The Labute approximate surface area is 121 Å². The summed E-state index contributed by atoms with van der Waals surface area (Å²) in [5.41, 5.74) is 1.29. The lowest BCUT2D eigenvalue weighted by Crippen LogP contribution is -2.26. The van der Waals surface area contributed by atoms with Crippen LogP contribution in [0, 0.1) is 5.92 Å². The maximum atomic E-state index is 11.4. The molecule has 0 atom stereocenters. The van der Waals surface area contributed by atoms with Crippen LogP contribution in [0.4, 0.5) is 4.79 Å². The molecule has 110 valence electrons. The summed E-state index contributed by atoms with van der Waals surface area (Å²) in [5, 5.41) is 2.82. The standard InChI is InChI=1S/C17H25NO2/c19-17(18-13-5-11-16-9-4-10-16)20-14-6-12-15-7-2-1-3-8-15/h1-3,7-8,16H,4-6,9-14H2,(H,18,19). The first kappa shape index (κ1) is 14.9. The number of ether oxygens (including phenoxy) is 1. The van der Waals surface area contributed by atoms with Gasteiger partial charge in [0.2, 0.25) is 0 Å². The first-order valence-electron chi connectivity index (χ1n) is 7.79. The summed E-state index contributed by atoms with van der Waals surface area (Å²) in [4.78, 5) is 11.4. The molecular weight excluding hydrogens is 250 g/mol. The summed E-state index contributed by atoms with van der Waals surface area (Å²) >= 11 is 0. The predicted molar refractivity (Wildman–Crippen MR) is 80.7 cm³/mol. The SMILES string of the molecule is O=C(NCCCC1CCC1)OCCCc1ccccc1. The van der Waals surface area contributed by atoms with Gasteiger partial charge >= 0.3 is 6.09 Å². The van der Waals surface area contributed by atoms with E-state index in [2.05, 4.69) is 17.4 Å². The van der Waals surface area contributed by atoms with Crippen LogP contribution in [-0.4, -0.2) is 19.2 Å². The van der Waals surface area contributed by atoms with E-state index < -0.39 is 0 Å². The Bertz CT molecular complexity index is 387. The van der Waals surface area contributed by atoms with Crippen molar-refractivity contribution < 1.29 is 9.53 Å². The second kappa shape index (κ2) is 8.62. The summed E-state index contributed by atoms with van der Waals surface area (Å²) in [5.74, 6) is 0.915. The van der Waals surface area contributed by atoms with Gasteiger partial charge in [-0.25, -0.2) is 4.79 Å². The van der Waals surface area contributed by atoms with Crippen molar-refractivity contribution in [1.29, 1.82) is 0 Å². The van der Waals surface area contributed by atoms with Crippen molar-refractivity contribution in [3.05, 3.63) is 35.9 Å². The molecule has 0 aliphatic heterocycles. The zero-order valence-corrected chi connectivity index (χ0v) is 12.1. The maximum absolute atomic E-state index is 11.4. The molecule has 0 bridgehead atoms. The third-order valence-corrected chi connectivity index (χ3v) is 3.97. The Balaban J connectivity index is 1.43. The Morgan fingerprint density at radius 3 is 2.70 bits per heavy atom. The van der Waals surface area contributed by atoms with Gasteiger partial charge in [-0.3, -0.25) is 0 Å². The number of aryl methyl sites for hydroxylation is 1. The van der Waals surface area contributed by atoms with E-state index in [1.165, 1.54) is 31.2 Å². The van der Waals surface area contributed by atoms with Gasteiger partial charge in [-0.15, -0.1) is 0 Å². The van der Waals surface area contributed by atoms with Crippen LogP contribution < -0.4 is 5.32 Å². The first-order chi connectivity index (χ1) is 9.84. The van der Waals surface area contributed by atoms with Gasteiger partial charge in [0, 0.05) is 6.54 Å². The van der Waals surface area contributed by atoms with Gasteiger partial charge < -0.3 is 10.1 Å². The van der Waals surface area contributed by atoms with Crippen LogP contribution >= 0.6 is 0 Å². The molecule has 2 rings (SSSR count). The minimum atomic E-state index is -0.272. The molecule has 1 amide bonds. The van der Waals surface area contributed by atoms with Gasteiger partial charge in [0.15, 0.2) is 0 Å². The summed E-state index contributed by atoms with van der Waals surface area (Å²) in [7, 11) is 0. The van der Waals surface area contributed by atoms with Crippen LogP contribution in [0.15, 0.2) is 30.3 Å². The Kier molecular flexibility index (Phi) is 6.42. The molecule has 3 nitrogen and oxygen atoms in total. The van der Waals surface area contributed by atoms with Gasteiger partial charge in [0.05, 0.1) is 6.61 Å². The number of carbonyl (C=O) groups excluding carboxylic acids is 1. The molecular formula is C17H25NO2. The Morgan fingerprint density at radius 1 is 1.20 bits per heavy atom. The number of alkyl carbamates (subject to hydrolysis) is 1. The van der Waals surface area contributed by atoms with E-state index in [0.717, 1.165) is 31.7 Å². The number of nitrogens with one attached hydrogen (secondary N) is 1. The lowest BCUT2D eigenvalue weighted by molar-refractivity contribution is 0.144. The lowest BCUT2D eigenvalue weighted by atomic mass is 9.82. The number of rotatable bonds is 8. The van der Waals surface area contributed by atoms with E-state index in [4.69, 9.17) is 4.74 Å². The van der Waals surface area contributed by atoms with Crippen molar-refractivity contribution in [3.8, 4) is 0 Å². The number of carbonyl (C=O) groups is 1. The molecule has 0 radical (unpaired) electrons. The van der Waals surface area contributed by atoms with Crippen molar-refractivity contribution in [3.63, 3.8) is 0 Å². The monoisotopic (exact) mass is 275 g/mol. The van der Waals surface area contributed by atoms with Crippen LogP contribution in [0.25, 0.3) is 0 Å². The molecule has 0 saturated heterocycles. The van der Waals surface area contributed by atoms with Gasteiger partial charge in [-0.2, -0.15) is 0 Å². The van der Waals surface area contributed by atoms with E-state index in [1.807, 2.05) is 18.2 Å². The summed E-state index contributed by atoms with van der Waals surface area (Å²) in [6.07, 6.45) is 8.02. The zero-order valence-electron chi connectivity index (χ0n) is 12.1. The molecule has 1 aromatic carbocycles. The average Bonchev–Trinajstić information content (AvgIpc) is 2.42. The largest absolute Gasteiger partial charge is 0.450 e. The van der Waals surface area contributed by atoms with Gasteiger partial charge in [-0.1, -0.05) is 49.6 Å². The molecule has 1 aromatic rings. The van der Waals surface area contributed by atoms with E-state index in [9.17, 15) is 4.79 Å². The quantitative estimate of drug-likeness (QED) is 0.730. The molecule has 1 fully saturated rings. The van der Waals surface area contributed by atoms with Crippen molar-refractivity contribution in [1.82, 2.24) is 5.32 Å². The normalized spacial score (nSPS) is 14.6. The van der Waals surface area contributed by atoms with Crippen LogP contribution in [0.1, 0.15) is 44.1 Å². The minimum absolute atomic E-state index is 0.272. The third kappa shape index (κ3) is 5.64. The van der Waals surface area contributed by atoms with Crippen molar-refractivity contribution >= 4 is 6.09 Å². The van der Waals surface area contributed by atoms with E-state index >= 15 is 0 Å². The fourth-order valence-corrected chi connectivity index (χ4v) is 2.50. The summed E-state index contributed by atoms with van der Waals surface area (Å²) < 4.78 is 5.16. The van der Waals surface area contributed by atoms with Gasteiger partial charge in [0.1, 0.15) is 0 Å². The smallest absolute Gasteiger partial charge is 0.407 e. The number of hydrogen-bond acceptors (Lipinski definition) is 2. The second-order valence-electron chi connectivity index (χ2n) is 5.59. The van der Waals surface area contributed by atoms with E-state index in [0.29, 0.717) is 6.61 Å². The average molecular weight is 275 g/mol.